The highest BCUT2D eigenvalue weighted by molar-refractivity contribution is 5.92. The van der Waals surface area contributed by atoms with Crippen molar-refractivity contribution in [2.45, 2.75) is 19.8 Å². The molecule has 4 heteroatoms. The third kappa shape index (κ3) is 2.13. The first-order valence-corrected chi connectivity index (χ1v) is 6.87. The van der Waals surface area contributed by atoms with Crippen LogP contribution < -0.4 is 5.73 Å². The Labute approximate surface area is 118 Å². The lowest BCUT2D eigenvalue weighted by Crippen LogP contribution is -1.98. The lowest BCUT2D eigenvalue weighted by atomic mass is 10.0. The first kappa shape index (κ1) is 12.7. The maximum absolute atomic E-state index is 6.19. The van der Waals surface area contributed by atoms with Crippen LogP contribution in [0.15, 0.2) is 36.4 Å². The fourth-order valence-corrected chi connectivity index (χ4v) is 2.45. The molecule has 0 aliphatic heterocycles. The summed E-state index contributed by atoms with van der Waals surface area (Å²) in [6.07, 6.45) is 1.93. The molecule has 0 aliphatic rings. The third-order valence-electron chi connectivity index (χ3n) is 3.44. The summed E-state index contributed by atoms with van der Waals surface area (Å²) in [7, 11) is 1.91. The van der Waals surface area contributed by atoms with Crippen molar-refractivity contribution in [3.8, 4) is 11.4 Å². The second-order valence-electron chi connectivity index (χ2n) is 5.01. The van der Waals surface area contributed by atoms with Gasteiger partial charge in [-0.05, 0) is 29.3 Å². The molecule has 3 rings (SSSR count). The van der Waals surface area contributed by atoms with Gasteiger partial charge in [-0.3, -0.25) is 0 Å². The Morgan fingerprint density at radius 3 is 2.55 bits per heavy atom. The van der Waals surface area contributed by atoms with Crippen molar-refractivity contribution in [1.29, 1.82) is 0 Å². The van der Waals surface area contributed by atoms with Gasteiger partial charge in [-0.15, -0.1) is 0 Å². The van der Waals surface area contributed by atoms with E-state index in [2.05, 4.69) is 35.2 Å². The van der Waals surface area contributed by atoms with Crippen molar-refractivity contribution in [1.82, 2.24) is 14.8 Å². The Morgan fingerprint density at radius 1 is 1.15 bits per heavy atom. The van der Waals surface area contributed by atoms with Gasteiger partial charge in [-0.25, -0.2) is 9.67 Å². The van der Waals surface area contributed by atoms with Crippen molar-refractivity contribution >= 4 is 16.5 Å². The van der Waals surface area contributed by atoms with Gasteiger partial charge in [0.2, 0.25) is 0 Å². The Morgan fingerprint density at radius 2 is 1.85 bits per heavy atom. The standard InChI is InChI=1S/C16H18N4/c1-3-6-15-18-16(20(2)19-15)13-9-11-7-4-5-8-12(11)10-14(13)17/h4-5,7-10H,3,6,17H2,1-2H3. The minimum atomic E-state index is 0.738. The molecule has 0 aliphatic carbocycles. The van der Waals surface area contributed by atoms with Gasteiger partial charge in [0.1, 0.15) is 0 Å². The molecule has 0 fully saturated rings. The van der Waals surface area contributed by atoms with Gasteiger partial charge in [0, 0.05) is 24.7 Å². The van der Waals surface area contributed by atoms with Crippen LogP contribution in [0.3, 0.4) is 0 Å². The normalized spacial score (nSPS) is 11.1. The molecule has 20 heavy (non-hydrogen) atoms. The number of hydrogen-bond donors (Lipinski definition) is 1. The number of aromatic nitrogens is 3. The molecule has 1 heterocycles. The molecule has 4 nitrogen and oxygen atoms in total. The highest BCUT2D eigenvalue weighted by Gasteiger charge is 2.12. The molecular formula is C16H18N4. The monoisotopic (exact) mass is 266 g/mol. The Bertz CT molecular complexity index is 758. The number of hydrogen-bond acceptors (Lipinski definition) is 3. The van der Waals surface area contributed by atoms with E-state index in [0.29, 0.717) is 0 Å². The van der Waals surface area contributed by atoms with E-state index in [4.69, 9.17) is 5.73 Å². The summed E-state index contributed by atoms with van der Waals surface area (Å²) in [5.74, 6) is 1.70. The molecular weight excluding hydrogens is 248 g/mol. The summed E-state index contributed by atoms with van der Waals surface area (Å²) in [6, 6.07) is 12.3. The Balaban J connectivity index is 2.16. The van der Waals surface area contributed by atoms with Crippen LogP contribution in [-0.4, -0.2) is 14.8 Å². The number of anilines is 1. The molecule has 0 bridgehead atoms. The van der Waals surface area contributed by atoms with E-state index in [1.165, 1.54) is 0 Å². The predicted molar refractivity (Wildman–Crippen MR) is 82.4 cm³/mol. The van der Waals surface area contributed by atoms with E-state index >= 15 is 0 Å². The maximum Gasteiger partial charge on any atom is 0.160 e. The van der Waals surface area contributed by atoms with Gasteiger partial charge in [0.25, 0.3) is 0 Å². The summed E-state index contributed by atoms with van der Waals surface area (Å²) in [5.41, 5.74) is 7.87. The fraction of sp³-hybridized carbons (Fsp3) is 0.250. The number of nitrogen functional groups attached to an aromatic ring is 1. The molecule has 0 spiro atoms. The molecule has 3 aromatic rings. The van der Waals surface area contributed by atoms with E-state index in [0.717, 1.165) is 46.5 Å². The molecule has 0 saturated carbocycles. The highest BCUT2D eigenvalue weighted by Crippen LogP contribution is 2.29. The third-order valence-corrected chi connectivity index (χ3v) is 3.44. The largest absolute Gasteiger partial charge is 0.398 e. The summed E-state index contributed by atoms with van der Waals surface area (Å²) in [5, 5.41) is 6.75. The average molecular weight is 266 g/mol. The van der Waals surface area contributed by atoms with Crippen molar-refractivity contribution in [2.24, 2.45) is 7.05 Å². The minimum absolute atomic E-state index is 0.738. The van der Waals surface area contributed by atoms with E-state index in [9.17, 15) is 0 Å². The van der Waals surface area contributed by atoms with Crippen molar-refractivity contribution in [3.63, 3.8) is 0 Å². The van der Waals surface area contributed by atoms with Crippen LogP contribution >= 0.6 is 0 Å². The lowest BCUT2D eigenvalue weighted by molar-refractivity contribution is 0.738. The van der Waals surface area contributed by atoms with E-state index < -0.39 is 0 Å². The van der Waals surface area contributed by atoms with Crippen molar-refractivity contribution in [2.75, 3.05) is 5.73 Å². The van der Waals surface area contributed by atoms with Crippen LogP contribution in [-0.2, 0) is 13.5 Å². The second-order valence-corrected chi connectivity index (χ2v) is 5.01. The quantitative estimate of drug-likeness (QED) is 0.741. The molecule has 0 unspecified atom stereocenters. The first-order valence-electron chi connectivity index (χ1n) is 6.87. The minimum Gasteiger partial charge on any atom is -0.398 e. The number of nitrogens with two attached hydrogens (primary N) is 1. The van der Waals surface area contributed by atoms with Gasteiger partial charge in [0.05, 0.1) is 0 Å². The molecule has 0 atom stereocenters. The van der Waals surface area contributed by atoms with Gasteiger partial charge >= 0.3 is 0 Å². The topological polar surface area (TPSA) is 56.7 Å². The lowest BCUT2D eigenvalue weighted by Gasteiger charge is -2.07. The fourth-order valence-electron chi connectivity index (χ4n) is 2.45. The number of aryl methyl sites for hydroxylation is 2. The molecule has 0 saturated heterocycles. The summed E-state index contributed by atoms with van der Waals surface area (Å²) >= 11 is 0. The zero-order valence-electron chi connectivity index (χ0n) is 11.8. The Hall–Kier alpha value is -2.36. The van der Waals surface area contributed by atoms with Gasteiger partial charge < -0.3 is 5.73 Å². The highest BCUT2D eigenvalue weighted by atomic mass is 15.3. The van der Waals surface area contributed by atoms with Crippen LogP contribution in [0.4, 0.5) is 5.69 Å². The number of benzene rings is 2. The Kier molecular flexibility index (Phi) is 3.14. The van der Waals surface area contributed by atoms with Gasteiger partial charge in [-0.2, -0.15) is 5.10 Å². The zero-order valence-corrected chi connectivity index (χ0v) is 11.8. The molecule has 1 aromatic heterocycles. The van der Waals surface area contributed by atoms with Crippen LogP contribution in [0.5, 0.6) is 0 Å². The molecule has 0 amide bonds. The van der Waals surface area contributed by atoms with Crippen LogP contribution in [0.1, 0.15) is 19.2 Å². The summed E-state index contributed by atoms with van der Waals surface area (Å²) in [6.45, 7) is 2.13. The van der Waals surface area contributed by atoms with Crippen molar-refractivity contribution < 1.29 is 0 Å². The van der Waals surface area contributed by atoms with Gasteiger partial charge in [-0.1, -0.05) is 31.2 Å². The SMILES string of the molecule is CCCc1nc(-c2cc3ccccc3cc2N)n(C)n1. The zero-order chi connectivity index (χ0) is 14.1. The molecule has 0 radical (unpaired) electrons. The van der Waals surface area contributed by atoms with Crippen LogP contribution in [0, 0.1) is 0 Å². The number of nitrogens with zero attached hydrogens (tertiary/aromatic N) is 3. The summed E-state index contributed by atoms with van der Waals surface area (Å²) < 4.78 is 1.81. The predicted octanol–water partition coefficient (Wildman–Crippen LogP) is 3.17. The first-order chi connectivity index (χ1) is 9.69. The number of fused-ring (bicyclic) bond motifs is 1. The molecule has 2 N–H and O–H groups in total. The smallest absolute Gasteiger partial charge is 0.160 e. The van der Waals surface area contributed by atoms with E-state index in [1.54, 1.807) is 0 Å². The molecule has 102 valence electrons. The van der Waals surface area contributed by atoms with Crippen LogP contribution in [0.2, 0.25) is 0 Å². The maximum atomic E-state index is 6.19. The summed E-state index contributed by atoms with van der Waals surface area (Å²) in [4.78, 5) is 4.61. The van der Waals surface area contributed by atoms with Crippen LogP contribution in [0.25, 0.3) is 22.2 Å². The van der Waals surface area contributed by atoms with Gasteiger partial charge in [0.15, 0.2) is 11.6 Å². The van der Waals surface area contributed by atoms with E-state index in [-0.39, 0.29) is 0 Å². The number of rotatable bonds is 3. The van der Waals surface area contributed by atoms with E-state index in [1.807, 2.05) is 29.9 Å². The molecule has 2 aromatic carbocycles. The average Bonchev–Trinajstić information content (AvgIpc) is 2.79. The van der Waals surface area contributed by atoms with Crippen molar-refractivity contribution in [3.05, 3.63) is 42.2 Å². The second kappa shape index (κ2) is 4.96.